The standard InChI is InChI=1S/C8H10BrN3O/c1-6-7(9)5-10-8(11-6)12-3-2-4-13-12/h5H,2-4H2,1H3. The predicted octanol–water partition coefficient (Wildman–Crippen LogP) is 1.69. The number of hydrogen-bond acceptors (Lipinski definition) is 4. The second-order valence-corrected chi connectivity index (χ2v) is 3.75. The van der Waals surface area contributed by atoms with Gasteiger partial charge in [-0.05, 0) is 29.3 Å². The minimum Gasteiger partial charge on any atom is -0.271 e. The van der Waals surface area contributed by atoms with E-state index in [-0.39, 0.29) is 0 Å². The van der Waals surface area contributed by atoms with Crippen LogP contribution >= 0.6 is 15.9 Å². The van der Waals surface area contributed by atoms with E-state index in [1.54, 1.807) is 11.3 Å². The summed E-state index contributed by atoms with van der Waals surface area (Å²) in [6.45, 7) is 3.57. The average molecular weight is 244 g/mol. The first-order valence-corrected chi connectivity index (χ1v) is 4.96. The Morgan fingerprint density at radius 3 is 3.08 bits per heavy atom. The van der Waals surface area contributed by atoms with Gasteiger partial charge in [-0.3, -0.25) is 4.84 Å². The molecule has 0 aliphatic carbocycles. The molecule has 0 bridgehead atoms. The van der Waals surface area contributed by atoms with Gasteiger partial charge >= 0.3 is 0 Å². The Bertz CT molecular complexity index is 312. The Labute approximate surface area is 85.0 Å². The summed E-state index contributed by atoms with van der Waals surface area (Å²) in [7, 11) is 0. The maximum atomic E-state index is 5.33. The summed E-state index contributed by atoms with van der Waals surface area (Å²) in [5, 5.41) is 1.74. The first kappa shape index (κ1) is 8.90. The molecule has 0 atom stereocenters. The number of anilines is 1. The van der Waals surface area contributed by atoms with Gasteiger partial charge in [0.15, 0.2) is 0 Å². The Balaban J connectivity index is 2.25. The lowest BCUT2D eigenvalue weighted by Gasteiger charge is -2.13. The van der Waals surface area contributed by atoms with Gasteiger partial charge in [0.05, 0.1) is 23.3 Å². The Hall–Kier alpha value is -0.680. The number of hydroxylamine groups is 1. The van der Waals surface area contributed by atoms with E-state index < -0.39 is 0 Å². The van der Waals surface area contributed by atoms with Crippen LogP contribution in [0.1, 0.15) is 12.1 Å². The van der Waals surface area contributed by atoms with Crippen molar-refractivity contribution in [3.63, 3.8) is 0 Å². The molecule has 1 saturated heterocycles. The summed E-state index contributed by atoms with van der Waals surface area (Å²) in [5.41, 5.74) is 0.931. The van der Waals surface area contributed by atoms with Gasteiger partial charge in [0, 0.05) is 6.20 Å². The van der Waals surface area contributed by atoms with Crippen molar-refractivity contribution in [3.05, 3.63) is 16.4 Å². The van der Waals surface area contributed by atoms with Crippen molar-refractivity contribution in [2.75, 3.05) is 18.2 Å². The third-order valence-electron chi connectivity index (χ3n) is 1.88. The molecule has 0 radical (unpaired) electrons. The lowest BCUT2D eigenvalue weighted by Crippen LogP contribution is -2.19. The van der Waals surface area contributed by atoms with Crippen LogP contribution < -0.4 is 5.06 Å². The fraction of sp³-hybridized carbons (Fsp3) is 0.500. The summed E-state index contributed by atoms with van der Waals surface area (Å²) in [4.78, 5) is 13.8. The molecule has 1 fully saturated rings. The zero-order valence-corrected chi connectivity index (χ0v) is 8.91. The lowest BCUT2D eigenvalue weighted by molar-refractivity contribution is 0.164. The van der Waals surface area contributed by atoms with Gasteiger partial charge in [-0.15, -0.1) is 0 Å². The van der Waals surface area contributed by atoms with Crippen LogP contribution in [0.25, 0.3) is 0 Å². The van der Waals surface area contributed by atoms with Crippen molar-refractivity contribution in [3.8, 4) is 0 Å². The van der Waals surface area contributed by atoms with Crippen molar-refractivity contribution in [1.82, 2.24) is 9.97 Å². The van der Waals surface area contributed by atoms with Gasteiger partial charge in [0.25, 0.3) is 0 Å². The van der Waals surface area contributed by atoms with Crippen molar-refractivity contribution in [2.24, 2.45) is 0 Å². The Morgan fingerprint density at radius 2 is 2.46 bits per heavy atom. The second-order valence-electron chi connectivity index (χ2n) is 2.89. The first-order chi connectivity index (χ1) is 6.27. The molecule has 0 amide bonds. The number of nitrogens with zero attached hydrogens (tertiary/aromatic N) is 3. The molecule has 70 valence electrons. The lowest BCUT2D eigenvalue weighted by atomic mass is 10.4. The van der Waals surface area contributed by atoms with Gasteiger partial charge in [0.1, 0.15) is 0 Å². The van der Waals surface area contributed by atoms with Crippen LogP contribution in [0.15, 0.2) is 10.7 Å². The Morgan fingerprint density at radius 1 is 1.62 bits per heavy atom. The first-order valence-electron chi connectivity index (χ1n) is 4.17. The summed E-state index contributed by atoms with van der Waals surface area (Å²) in [5.74, 6) is 0.651. The maximum absolute atomic E-state index is 5.33. The fourth-order valence-electron chi connectivity index (χ4n) is 1.17. The van der Waals surface area contributed by atoms with Crippen LogP contribution in [0.4, 0.5) is 5.95 Å². The molecule has 2 heterocycles. The van der Waals surface area contributed by atoms with Gasteiger partial charge in [-0.25, -0.2) is 15.0 Å². The SMILES string of the molecule is Cc1nc(N2CCCO2)ncc1Br. The zero-order chi connectivity index (χ0) is 9.26. The van der Waals surface area contributed by atoms with E-state index in [1.807, 2.05) is 6.92 Å². The molecule has 0 spiro atoms. The predicted molar refractivity (Wildman–Crippen MR) is 52.4 cm³/mol. The van der Waals surface area contributed by atoms with Crippen LogP contribution in [0.5, 0.6) is 0 Å². The van der Waals surface area contributed by atoms with E-state index in [0.29, 0.717) is 5.95 Å². The van der Waals surface area contributed by atoms with E-state index in [4.69, 9.17) is 4.84 Å². The van der Waals surface area contributed by atoms with E-state index in [9.17, 15) is 0 Å². The van der Waals surface area contributed by atoms with Crippen molar-refractivity contribution >= 4 is 21.9 Å². The van der Waals surface area contributed by atoms with Gasteiger partial charge < -0.3 is 0 Å². The number of aromatic nitrogens is 2. The molecular weight excluding hydrogens is 234 g/mol. The highest BCUT2D eigenvalue weighted by atomic mass is 79.9. The highest BCUT2D eigenvalue weighted by molar-refractivity contribution is 9.10. The van der Waals surface area contributed by atoms with Crippen molar-refractivity contribution in [2.45, 2.75) is 13.3 Å². The molecule has 0 N–H and O–H groups in total. The molecule has 0 aromatic carbocycles. The van der Waals surface area contributed by atoms with Gasteiger partial charge in [-0.2, -0.15) is 0 Å². The van der Waals surface area contributed by atoms with Crippen LogP contribution in [0, 0.1) is 6.92 Å². The molecule has 1 aromatic rings. The number of rotatable bonds is 1. The summed E-state index contributed by atoms with van der Waals surface area (Å²) in [6.07, 6.45) is 2.79. The number of hydrogen-bond donors (Lipinski definition) is 0. The largest absolute Gasteiger partial charge is 0.271 e. The minimum absolute atomic E-state index is 0.651. The molecule has 4 nitrogen and oxygen atoms in total. The third-order valence-corrected chi connectivity index (χ3v) is 2.66. The van der Waals surface area contributed by atoms with Crippen LogP contribution in [0.3, 0.4) is 0 Å². The van der Waals surface area contributed by atoms with Crippen LogP contribution in [-0.2, 0) is 4.84 Å². The molecule has 0 unspecified atom stereocenters. The van der Waals surface area contributed by atoms with E-state index in [1.165, 1.54) is 0 Å². The molecular formula is C8H10BrN3O. The van der Waals surface area contributed by atoms with Crippen LogP contribution in [-0.4, -0.2) is 23.1 Å². The van der Waals surface area contributed by atoms with Crippen molar-refractivity contribution in [1.29, 1.82) is 0 Å². The highest BCUT2D eigenvalue weighted by Crippen LogP contribution is 2.18. The molecule has 5 heteroatoms. The maximum Gasteiger partial charge on any atom is 0.250 e. The molecule has 13 heavy (non-hydrogen) atoms. The quantitative estimate of drug-likeness (QED) is 0.753. The monoisotopic (exact) mass is 243 g/mol. The summed E-state index contributed by atoms with van der Waals surface area (Å²) < 4.78 is 0.926. The summed E-state index contributed by atoms with van der Waals surface area (Å²) in [6, 6.07) is 0. The van der Waals surface area contributed by atoms with E-state index in [0.717, 1.165) is 29.7 Å². The van der Waals surface area contributed by atoms with E-state index >= 15 is 0 Å². The molecule has 1 aromatic heterocycles. The van der Waals surface area contributed by atoms with Crippen molar-refractivity contribution < 1.29 is 4.84 Å². The number of aryl methyl sites for hydroxylation is 1. The third kappa shape index (κ3) is 1.81. The Kier molecular flexibility index (Phi) is 2.46. The smallest absolute Gasteiger partial charge is 0.250 e. The molecule has 1 aliphatic rings. The van der Waals surface area contributed by atoms with E-state index in [2.05, 4.69) is 25.9 Å². The normalized spacial score (nSPS) is 16.6. The van der Waals surface area contributed by atoms with Crippen LogP contribution in [0.2, 0.25) is 0 Å². The highest BCUT2D eigenvalue weighted by Gasteiger charge is 2.16. The second kappa shape index (κ2) is 3.59. The molecule has 0 saturated carbocycles. The molecule has 1 aliphatic heterocycles. The summed E-state index contributed by atoms with van der Waals surface area (Å²) >= 11 is 3.35. The minimum atomic E-state index is 0.651. The van der Waals surface area contributed by atoms with Gasteiger partial charge in [-0.1, -0.05) is 0 Å². The average Bonchev–Trinajstić information content (AvgIpc) is 2.62. The topological polar surface area (TPSA) is 38.2 Å². The molecule has 2 rings (SSSR count). The fourth-order valence-corrected chi connectivity index (χ4v) is 1.36. The van der Waals surface area contributed by atoms with Gasteiger partial charge in [0.2, 0.25) is 5.95 Å². The zero-order valence-electron chi connectivity index (χ0n) is 7.33. The number of halogens is 1.